The van der Waals surface area contributed by atoms with Gasteiger partial charge in [-0.15, -0.1) is 10.2 Å². The van der Waals surface area contributed by atoms with Gasteiger partial charge in [-0.1, -0.05) is 42.1 Å². The molecule has 0 radical (unpaired) electrons. The number of nitrogens with zero attached hydrogens (tertiary/aromatic N) is 4. The smallest absolute Gasteiger partial charge is 0.224 e. The molecule has 168 valence electrons. The van der Waals surface area contributed by atoms with E-state index in [9.17, 15) is 9.18 Å². The summed E-state index contributed by atoms with van der Waals surface area (Å²) in [5, 5.41) is 12.2. The first kappa shape index (κ1) is 22.7. The number of benzene rings is 2. The molecule has 33 heavy (non-hydrogen) atoms. The number of halogens is 1. The van der Waals surface area contributed by atoms with E-state index < -0.39 is 0 Å². The summed E-state index contributed by atoms with van der Waals surface area (Å²) in [6.07, 6.45) is 4.37. The fourth-order valence-corrected chi connectivity index (χ4v) is 4.39. The number of pyridine rings is 1. The summed E-state index contributed by atoms with van der Waals surface area (Å²) in [6, 6.07) is 16.1. The predicted octanol–water partition coefficient (Wildman–Crippen LogP) is 5.60. The van der Waals surface area contributed by atoms with Crippen LogP contribution in [0.1, 0.15) is 24.0 Å². The number of hydrogen-bond donors (Lipinski definition) is 1. The lowest BCUT2D eigenvalue weighted by Gasteiger charge is -2.12. The van der Waals surface area contributed by atoms with Crippen molar-refractivity contribution in [1.82, 2.24) is 19.7 Å². The first-order valence-electron chi connectivity index (χ1n) is 10.6. The number of thioether (sulfide) groups is 1. The fourth-order valence-electron chi connectivity index (χ4n) is 3.51. The lowest BCUT2D eigenvalue weighted by Crippen LogP contribution is -2.13. The van der Waals surface area contributed by atoms with Gasteiger partial charge in [0.1, 0.15) is 5.82 Å². The molecule has 4 aromatic rings. The fraction of sp³-hybridized carbons (Fsp3) is 0.200. The summed E-state index contributed by atoms with van der Waals surface area (Å²) in [5.74, 6) is 0.764. The Bertz CT molecular complexity index is 1240. The van der Waals surface area contributed by atoms with E-state index in [4.69, 9.17) is 0 Å². The van der Waals surface area contributed by atoms with Crippen LogP contribution in [0.25, 0.3) is 17.1 Å². The standard InChI is InChI=1S/C25H24FN5OS/c1-17-8-5-9-18(2)23(17)28-22(32)13-7-15-33-25-30-29-24(19-10-6-14-27-16-19)31(25)21-12-4-3-11-20(21)26/h3-6,8-12,14,16H,7,13,15H2,1-2H3,(H,28,32). The molecule has 0 aliphatic rings. The Balaban J connectivity index is 1.46. The predicted molar refractivity (Wildman–Crippen MR) is 129 cm³/mol. The molecule has 0 aliphatic heterocycles. The molecule has 0 atom stereocenters. The van der Waals surface area contributed by atoms with E-state index in [1.165, 1.54) is 17.8 Å². The normalized spacial score (nSPS) is 10.9. The van der Waals surface area contributed by atoms with Crippen molar-refractivity contribution in [1.29, 1.82) is 0 Å². The number of amides is 1. The number of hydrogen-bond acceptors (Lipinski definition) is 5. The number of para-hydroxylation sites is 2. The van der Waals surface area contributed by atoms with Crippen molar-refractivity contribution in [3.63, 3.8) is 0 Å². The summed E-state index contributed by atoms with van der Waals surface area (Å²) in [7, 11) is 0. The Morgan fingerprint density at radius 2 is 1.82 bits per heavy atom. The quantitative estimate of drug-likeness (QED) is 0.273. The van der Waals surface area contributed by atoms with Gasteiger partial charge < -0.3 is 5.32 Å². The van der Waals surface area contributed by atoms with Crippen molar-refractivity contribution >= 4 is 23.4 Å². The molecule has 0 unspecified atom stereocenters. The Hall–Kier alpha value is -3.52. The largest absolute Gasteiger partial charge is 0.326 e. The molecule has 2 aromatic heterocycles. The van der Waals surface area contributed by atoms with E-state index in [-0.39, 0.29) is 11.7 Å². The highest BCUT2D eigenvalue weighted by Crippen LogP contribution is 2.29. The number of rotatable bonds is 8. The first-order valence-corrected chi connectivity index (χ1v) is 11.6. The maximum absolute atomic E-state index is 14.6. The second-order valence-corrected chi connectivity index (χ2v) is 8.66. The van der Waals surface area contributed by atoms with Gasteiger partial charge in [0, 0.05) is 35.8 Å². The second kappa shape index (κ2) is 10.4. The van der Waals surface area contributed by atoms with Gasteiger partial charge in [-0.25, -0.2) is 4.39 Å². The third kappa shape index (κ3) is 5.28. The van der Waals surface area contributed by atoms with E-state index in [1.807, 2.05) is 38.1 Å². The van der Waals surface area contributed by atoms with Gasteiger partial charge in [0.05, 0.1) is 5.69 Å². The Morgan fingerprint density at radius 3 is 2.55 bits per heavy atom. The number of nitrogens with one attached hydrogen (secondary N) is 1. The summed E-state index contributed by atoms with van der Waals surface area (Å²) in [6.45, 7) is 3.96. The zero-order valence-electron chi connectivity index (χ0n) is 18.5. The molecule has 2 aromatic carbocycles. The topological polar surface area (TPSA) is 72.7 Å². The molecular weight excluding hydrogens is 437 g/mol. The van der Waals surface area contributed by atoms with E-state index in [2.05, 4.69) is 20.5 Å². The molecule has 8 heteroatoms. The zero-order valence-corrected chi connectivity index (χ0v) is 19.3. The summed E-state index contributed by atoms with van der Waals surface area (Å²) in [4.78, 5) is 16.6. The maximum Gasteiger partial charge on any atom is 0.224 e. The minimum Gasteiger partial charge on any atom is -0.326 e. The number of carbonyl (C=O) groups excluding carboxylic acids is 1. The van der Waals surface area contributed by atoms with Crippen molar-refractivity contribution in [3.8, 4) is 17.1 Å². The van der Waals surface area contributed by atoms with Crippen molar-refractivity contribution < 1.29 is 9.18 Å². The molecular formula is C25H24FN5OS. The second-order valence-electron chi connectivity index (χ2n) is 7.60. The molecule has 1 N–H and O–H groups in total. The van der Waals surface area contributed by atoms with Gasteiger partial charge in [0.2, 0.25) is 5.91 Å². The number of carbonyl (C=O) groups is 1. The molecule has 0 saturated heterocycles. The van der Waals surface area contributed by atoms with Gasteiger partial charge >= 0.3 is 0 Å². The van der Waals surface area contributed by atoms with Gasteiger partial charge in [-0.05, 0) is 55.7 Å². The van der Waals surface area contributed by atoms with E-state index in [1.54, 1.807) is 41.2 Å². The van der Waals surface area contributed by atoms with Crippen LogP contribution in [0.3, 0.4) is 0 Å². The maximum atomic E-state index is 14.6. The number of aromatic nitrogens is 4. The average Bonchev–Trinajstić information content (AvgIpc) is 3.24. The highest BCUT2D eigenvalue weighted by Gasteiger charge is 2.18. The van der Waals surface area contributed by atoms with Crippen molar-refractivity contribution in [2.75, 3.05) is 11.1 Å². The summed E-state index contributed by atoms with van der Waals surface area (Å²) < 4.78 is 16.3. The third-order valence-corrected chi connectivity index (χ3v) is 6.19. The van der Waals surface area contributed by atoms with E-state index in [0.717, 1.165) is 22.4 Å². The molecule has 0 bridgehead atoms. The van der Waals surface area contributed by atoms with Gasteiger partial charge in [-0.3, -0.25) is 14.3 Å². The molecule has 0 fully saturated rings. The van der Waals surface area contributed by atoms with Crippen LogP contribution >= 0.6 is 11.8 Å². The average molecular weight is 462 g/mol. The minimum atomic E-state index is -0.364. The van der Waals surface area contributed by atoms with Crippen LogP contribution < -0.4 is 5.32 Å². The van der Waals surface area contributed by atoms with Crippen LogP contribution in [0, 0.1) is 19.7 Å². The summed E-state index contributed by atoms with van der Waals surface area (Å²) >= 11 is 1.44. The van der Waals surface area contributed by atoms with Crippen LogP contribution in [-0.2, 0) is 4.79 Å². The van der Waals surface area contributed by atoms with Gasteiger partial charge in [0.15, 0.2) is 11.0 Å². The molecule has 1 amide bonds. The number of aryl methyl sites for hydroxylation is 2. The molecule has 0 saturated carbocycles. The van der Waals surface area contributed by atoms with Crippen LogP contribution in [0.4, 0.5) is 10.1 Å². The molecule has 6 nitrogen and oxygen atoms in total. The lowest BCUT2D eigenvalue weighted by molar-refractivity contribution is -0.116. The molecule has 2 heterocycles. The van der Waals surface area contributed by atoms with E-state index in [0.29, 0.717) is 35.3 Å². The van der Waals surface area contributed by atoms with Crippen molar-refractivity contribution in [2.24, 2.45) is 0 Å². The van der Waals surface area contributed by atoms with Crippen molar-refractivity contribution in [2.45, 2.75) is 31.8 Å². The molecule has 0 aliphatic carbocycles. The zero-order chi connectivity index (χ0) is 23.2. The monoisotopic (exact) mass is 461 g/mol. The molecule has 0 spiro atoms. The van der Waals surface area contributed by atoms with Gasteiger partial charge in [-0.2, -0.15) is 0 Å². The summed E-state index contributed by atoms with van der Waals surface area (Å²) in [5.41, 5.74) is 4.07. The SMILES string of the molecule is Cc1cccc(C)c1NC(=O)CCCSc1nnc(-c2cccnc2)n1-c1ccccc1F. The Labute approximate surface area is 196 Å². The minimum absolute atomic E-state index is 0.0281. The Morgan fingerprint density at radius 1 is 1.03 bits per heavy atom. The third-order valence-electron chi connectivity index (χ3n) is 5.17. The highest BCUT2D eigenvalue weighted by atomic mass is 32.2. The lowest BCUT2D eigenvalue weighted by atomic mass is 10.1. The van der Waals surface area contributed by atoms with E-state index >= 15 is 0 Å². The Kier molecular flexibility index (Phi) is 7.14. The van der Waals surface area contributed by atoms with Gasteiger partial charge in [0.25, 0.3) is 0 Å². The van der Waals surface area contributed by atoms with Crippen molar-refractivity contribution in [3.05, 3.63) is 83.9 Å². The number of anilines is 1. The highest BCUT2D eigenvalue weighted by molar-refractivity contribution is 7.99. The van der Waals surface area contributed by atoms with Crippen LogP contribution in [0.15, 0.2) is 72.1 Å². The van der Waals surface area contributed by atoms with Crippen LogP contribution in [-0.4, -0.2) is 31.4 Å². The molecule has 4 rings (SSSR count). The van der Waals surface area contributed by atoms with Crippen LogP contribution in [0.5, 0.6) is 0 Å². The first-order chi connectivity index (χ1) is 16.0. The van der Waals surface area contributed by atoms with Crippen LogP contribution in [0.2, 0.25) is 0 Å².